The zero-order chi connectivity index (χ0) is 18.3. The summed E-state index contributed by atoms with van der Waals surface area (Å²) in [5.74, 6) is 0. The summed E-state index contributed by atoms with van der Waals surface area (Å²) in [6.45, 7) is 7.54. The maximum Gasteiger partial charge on any atom is 0.491 e. The number of aromatic nitrogens is 1. The lowest BCUT2D eigenvalue weighted by atomic mass is 9.77. The van der Waals surface area contributed by atoms with Crippen LogP contribution in [0.2, 0.25) is 5.15 Å². The topological polar surface area (TPSA) is 57.4 Å². The Balaban J connectivity index is 2.39. The van der Waals surface area contributed by atoms with Gasteiger partial charge in [-0.1, -0.05) is 17.7 Å². The Kier molecular flexibility index (Phi) is 5.08. The third-order valence-corrected chi connectivity index (χ3v) is 4.64. The largest absolute Gasteiger partial charge is 0.491 e. The van der Waals surface area contributed by atoms with Gasteiger partial charge in [0, 0.05) is 18.3 Å². The second-order valence-corrected chi connectivity index (χ2v) is 6.97. The molecule has 0 saturated carbocycles. The van der Waals surface area contributed by atoms with Gasteiger partial charge in [-0.05, 0) is 39.2 Å². The molecule has 9 heteroatoms. The van der Waals surface area contributed by atoms with Crippen LogP contribution in [0.4, 0.5) is 13.2 Å². The minimum absolute atomic E-state index is 0.0450. The first-order valence-electron chi connectivity index (χ1n) is 7.36. The van der Waals surface area contributed by atoms with Crippen molar-refractivity contribution in [3.8, 4) is 0 Å². The molecule has 0 spiro atoms. The first kappa shape index (κ1) is 19.2. The van der Waals surface area contributed by atoms with Crippen LogP contribution in [-0.2, 0) is 15.5 Å². The Labute approximate surface area is 144 Å². The van der Waals surface area contributed by atoms with E-state index < -0.39 is 30.1 Å². The van der Waals surface area contributed by atoms with Crippen LogP contribution in [0.15, 0.2) is 17.7 Å². The third kappa shape index (κ3) is 3.77. The molecule has 0 aromatic carbocycles. The third-order valence-electron chi connectivity index (χ3n) is 4.33. The lowest BCUT2D eigenvalue weighted by molar-refractivity contribution is -0.137. The summed E-state index contributed by atoms with van der Waals surface area (Å²) >= 11 is 5.92. The number of hydrogen-bond acceptors (Lipinski definition) is 4. The zero-order valence-electron chi connectivity index (χ0n) is 13.9. The molecular formula is C15H19BClF3N2O2. The van der Waals surface area contributed by atoms with Gasteiger partial charge >= 0.3 is 13.3 Å². The van der Waals surface area contributed by atoms with Gasteiger partial charge in [0.05, 0.1) is 16.8 Å². The van der Waals surface area contributed by atoms with Gasteiger partial charge < -0.3 is 15.0 Å². The normalized spacial score (nSPS) is 20.5. The summed E-state index contributed by atoms with van der Waals surface area (Å²) in [6.07, 6.45) is -2.38. The molecule has 0 atom stereocenters. The Hall–Kier alpha value is -1.09. The molecule has 2 heterocycles. The molecule has 0 bridgehead atoms. The summed E-state index contributed by atoms with van der Waals surface area (Å²) in [7, 11) is -0.759. The van der Waals surface area contributed by atoms with E-state index >= 15 is 0 Å². The molecule has 24 heavy (non-hydrogen) atoms. The number of pyridine rings is 1. The first-order chi connectivity index (χ1) is 10.9. The van der Waals surface area contributed by atoms with Gasteiger partial charge in [0.2, 0.25) is 0 Å². The molecule has 1 aromatic rings. The van der Waals surface area contributed by atoms with Gasteiger partial charge in [-0.25, -0.2) is 4.98 Å². The molecule has 0 aliphatic carbocycles. The van der Waals surface area contributed by atoms with Gasteiger partial charge in [0.15, 0.2) is 0 Å². The highest BCUT2D eigenvalue weighted by Gasteiger charge is 2.52. The van der Waals surface area contributed by atoms with Crippen molar-refractivity contribution in [3.63, 3.8) is 0 Å². The lowest BCUT2D eigenvalue weighted by Crippen LogP contribution is -2.41. The van der Waals surface area contributed by atoms with E-state index in [-0.39, 0.29) is 17.3 Å². The van der Waals surface area contributed by atoms with Gasteiger partial charge in [-0.2, -0.15) is 13.2 Å². The van der Waals surface area contributed by atoms with E-state index in [1.54, 1.807) is 0 Å². The van der Waals surface area contributed by atoms with E-state index in [0.29, 0.717) is 11.7 Å². The maximum atomic E-state index is 12.8. The molecule has 4 nitrogen and oxygen atoms in total. The van der Waals surface area contributed by atoms with Crippen molar-refractivity contribution < 1.29 is 22.5 Å². The van der Waals surface area contributed by atoms with Crippen LogP contribution in [0.3, 0.4) is 0 Å². The number of nitrogens with zero attached hydrogens (tertiary/aromatic N) is 1. The number of alkyl halides is 3. The van der Waals surface area contributed by atoms with Crippen LogP contribution in [0.5, 0.6) is 0 Å². The van der Waals surface area contributed by atoms with E-state index in [4.69, 9.17) is 26.6 Å². The van der Waals surface area contributed by atoms with Gasteiger partial charge in [-0.15, -0.1) is 0 Å². The van der Waals surface area contributed by atoms with Crippen LogP contribution in [-0.4, -0.2) is 29.8 Å². The number of nitrogens with two attached hydrogens (primary N) is 1. The van der Waals surface area contributed by atoms with E-state index in [1.807, 2.05) is 27.7 Å². The molecule has 1 aliphatic rings. The summed E-state index contributed by atoms with van der Waals surface area (Å²) in [4.78, 5) is 3.60. The highest BCUT2D eigenvalue weighted by molar-refractivity contribution is 6.56. The van der Waals surface area contributed by atoms with E-state index in [2.05, 4.69) is 4.98 Å². The monoisotopic (exact) mass is 362 g/mol. The smallest absolute Gasteiger partial charge is 0.400 e. The van der Waals surface area contributed by atoms with Crippen molar-refractivity contribution in [3.05, 3.63) is 34.0 Å². The Morgan fingerprint density at radius 2 is 1.83 bits per heavy atom. The molecular weight excluding hydrogens is 343 g/mol. The van der Waals surface area contributed by atoms with E-state index in [0.717, 1.165) is 6.07 Å². The molecule has 1 saturated heterocycles. The zero-order valence-corrected chi connectivity index (χ0v) is 14.6. The maximum absolute atomic E-state index is 12.8. The fraction of sp³-hybridized carbons (Fsp3) is 0.533. The molecule has 1 fully saturated rings. The summed E-state index contributed by atoms with van der Waals surface area (Å²) < 4.78 is 50.3. The number of rotatable bonds is 3. The second-order valence-electron chi connectivity index (χ2n) is 6.61. The molecule has 1 aromatic heterocycles. The Morgan fingerprint density at radius 1 is 1.29 bits per heavy atom. The van der Waals surface area contributed by atoms with Crippen molar-refractivity contribution in [2.24, 2.45) is 5.73 Å². The highest BCUT2D eigenvalue weighted by atomic mass is 35.5. The van der Waals surface area contributed by atoms with Crippen molar-refractivity contribution in [1.29, 1.82) is 0 Å². The first-order valence-corrected chi connectivity index (χ1v) is 7.74. The van der Waals surface area contributed by atoms with Crippen molar-refractivity contribution in [2.75, 3.05) is 6.54 Å². The standard InChI is InChI=1S/C15H19BClF3N2O2/c1-13(2)14(3,4)24-16(23-13)11(7-21)6-9-5-10(15(18,19)20)8-22-12(9)17/h5-6,8H,7,21H2,1-4H3. The second kappa shape index (κ2) is 6.33. The Bertz CT molecular complexity index is 647. The molecule has 2 N–H and O–H groups in total. The minimum atomic E-state index is -4.51. The van der Waals surface area contributed by atoms with Crippen LogP contribution in [0, 0.1) is 0 Å². The van der Waals surface area contributed by atoms with Crippen molar-refractivity contribution in [1.82, 2.24) is 4.98 Å². The molecule has 0 unspecified atom stereocenters. The van der Waals surface area contributed by atoms with Gasteiger partial charge in [0.1, 0.15) is 5.15 Å². The number of halogens is 4. The van der Waals surface area contributed by atoms with E-state index in [9.17, 15) is 13.2 Å². The lowest BCUT2D eigenvalue weighted by Gasteiger charge is -2.32. The van der Waals surface area contributed by atoms with Crippen LogP contribution in [0.1, 0.15) is 38.8 Å². The highest BCUT2D eigenvalue weighted by Crippen LogP contribution is 2.39. The summed E-state index contributed by atoms with van der Waals surface area (Å²) in [5, 5.41) is -0.0505. The van der Waals surface area contributed by atoms with Gasteiger partial charge in [-0.3, -0.25) is 0 Å². The van der Waals surface area contributed by atoms with Crippen LogP contribution < -0.4 is 5.73 Å². The molecule has 0 radical (unpaired) electrons. The Morgan fingerprint density at radius 3 is 2.29 bits per heavy atom. The minimum Gasteiger partial charge on any atom is -0.400 e. The quantitative estimate of drug-likeness (QED) is 0.657. The number of hydrogen-bond donors (Lipinski definition) is 1. The SMILES string of the molecule is CC1(C)OB(C(=Cc2cc(C(F)(F)F)cnc2Cl)CN)OC1(C)C. The summed E-state index contributed by atoms with van der Waals surface area (Å²) in [5.41, 5.74) is 4.28. The summed E-state index contributed by atoms with van der Waals surface area (Å²) in [6, 6.07) is 0.927. The molecule has 132 valence electrons. The van der Waals surface area contributed by atoms with E-state index in [1.165, 1.54) is 6.08 Å². The molecule has 1 aliphatic heterocycles. The fourth-order valence-corrected chi connectivity index (χ4v) is 2.30. The van der Waals surface area contributed by atoms with Crippen molar-refractivity contribution >= 4 is 24.8 Å². The molecule has 0 amide bonds. The average molecular weight is 363 g/mol. The van der Waals surface area contributed by atoms with Crippen molar-refractivity contribution in [2.45, 2.75) is 45.1 Å². The fourth-order valence-electron chi connectivity index (χ4n) is 2.14. The predicted octanol–water partition coefficient (Wildman–Crippen LogP) is 3.73. The predicted molar refractivity (Wildman–Crippen MR) is 87.4 cm³/mol. The van der Waals surface area contributed by atoms with Gasteiger partial charge in [0.25, 0.3) is 0 Å². The average Bonchev–Trinajstić information content (AvgIpc) is 2.65. The van der Waals surface area contributed by atoms with Crippen LogP contribution in [0.25, 0.3) is 6.08 Å². The molecule has 2 rings (SSSR count). The van der Waals surface area contributed by atoms with Crippen LogP contribution >= 0.6 is 11.6 Å².